The van der Waals surface area contributed by atoms with Crippen molar-refractivity contribution in [2.24, 2.45) is 0 Å². The maximum Gasteiger partial charge on any atom is 0.243 e. The second-order valence-electron chi connectivity index (χ2n) is 6.01. The minimum absolute atomic E-state index is 0.0121. The van der Waals surface area contributed by atoms with E-state index in [1.807, 2.05) is 48.5 Å². The molecule has 1 amide bonds. The number of anilines is 3. The molecule has 0 aliphatic carbocycles. The molecule has 0 spiro atoms. The van der Waals surface area contributed by atoms with Crippen molar-refractivity contribution in [3.8, 4) is 0 Å². The van der Waals surface area contributed by atoms with E-state index in [0.29, 0.717) is 6.54 Å². The van der Waals surface area contributed by atoms with E-state index in [-0.39, 0.29) is 5.91 Å². The quantitative estimate of drug-likeness (QED) is 0.469. The Morgan fingerprint density at radius 2 is 2.12 bits per heavy atom. The van der Waals surface area contributed by atoms with Gasteiger partial charge in [0.25, 0.3) is 0 Å². The lowest BCUT2D eigenvalue weighted by Gasteiger charge is -2.31. The number of nitrogens with one attached hydrogen (secondary N) is 1. The number of hydrogen-bond donors (Lipinski definition) is 2. The Hall–Kier alpha value is -2.40. The molecule has 0 bridgehead atoms. The molecule has 0 saturated carbocycles. The summed E-state index contributed by atoms with van der Waals surface area (Å²) >= 11 is 1.66. The normalized spacial score (nSPS) is 13.2. The lowest BCUT2D eigenvalue weighted by atomic mass is 10.00. The number of para-hydroxylation sites is 1. The van der Waals surface area contributed by atoms with Crippen LogP contribution < -0.4 is 16.0 Å². The van der Waals surface area contributed by atoms with Gasteiger partial charge in [-0.3, -0.25) is 4.79 Å². The van der Waals surface area contributed by atoms with E-state index >= 15 is 0 Å². The SMILES string of the molecule is C=CCSc1ccccc1NC(=O)CN1CCCc2c(N)cccc21. The zero-order chi connectivity index (χ0) is 17.6. The number of rotatable bonds is 6. The number of fused-ring (bicyclic) bond motifs is 1. The lowest BCUT2D eigenvalue weighted by Crippen LogP contribution is -2.37. The van der Waals surface area contributed by atoms with Crippen molar-refractivity contribution in [2.45, 2.75) is 17.7 Å². The van der Waals surface area contributed by atoms with Crippen molar-refractivity contribution >= 4 is 34.7 Å². The molecule has 25 heavy (non-hydrogen) atoms. The van der Waals surface area contributed by atoms with Crippen LogP contribution in [0.25, 0.3) is 0 Å². The Kier molecular flexibility index (Phi) is 5.66. The van der Waals surface area contributed by atoms with Gasteiger partial charge in [0.15, 0.2) is 0 Å². The number of carbonyl (C=O) groups excluding carboxylic acids is 1. The fraction of sp³-hybridized carbons (Fsp3) is 0.250. The Morgan fingerprint density at radius 1 is 1.28 bits per heavy atom. The molecule has 0 radical (unpaired) electrons. The Bertz CT molecular complexity index is 775. The molecule has 130 valence electrons. The summed E-state index contributed by atoms with van der Waals surface area (Å²) in [4.78, 5) is 15.8. The summed E-state index contributed by atoms with van der Waals surface area (Å²) in [6.45, 7) is 4.95. The van der Waals surface area contributed by atoms with Crippen LogP contribution in [0.4, 0.5) is 17.1 Å². The number of hydrogen-bond acceptors (Lipinski definition) is 4. The standard InChI is InChI=1S/C20H23N3OS/c1-2-13-25-19-11-4-3-9-17(19)22-20(24)14-23-12-6-7-15-16(21)8-5-10-18(15)23/h2-5,8-11H,1,6-7,12-14,21H2,(H,22,24). The van der Waals surface area contributed by atoms with Crippen LogP contribution in [0.2, 0.25) is 0 Å². The molecule has 4 nitrogen and oxygen atoms in total. The van der Waals surface area contributed by atoms with Crippen LogP contribution in [-0.4, -0.2) is 24.7 Å². The minimum atomic E-state index is -0.0121. The molecule has 0 fully saturated rings. The molecule has 0 unspecified atom stereocenters. The van der Waals surface area contributed by atoms with Gasteiger partial charge in [0, 0.05) is 28.6 Å². The predicted molar refractivity (Wildman–Crippen MR) is 107 cm³/mol. The van der Waals surface area contributed by atoms with E-state index in [1.54, 1.807) is 11.8 Å². The van der Waals surface area contributed by atoms with Gasteiger partial charge in [-0.05, 0) is 42.7 Å². The van der Waals surface area contributed by atoms with E-state index in [9.17, 15) is 4.79 Å². The molecular formula is C20H23N3OS. The summed E-state index contributed by atoms with van der Waals surface area (Å²) in [7, 11) is 0. The van der Waals surface area contributed by atoms with E-state index < -0.39 is 0 Å². The van der Waals surface area contributed by atoms with Gasteiger partial charge in [0.2, 0.25) is 5.91 Å². The van der Waals surface area contributed by atoms with Crippen LogP contribution in [0.3, 0.4) is 0 Å². The van der Waals surface area contributed by atoms with E-state index in [0.717, 1.165) is 52.7 Å². The summed E-state index contributed by atoms with van der Waals surface area (Å²) in [6.07, 6.45) is 3.85. The second kappa shape index (κ2) is 8.12. The summed E-state index contributed by atoms with van der Waals surface area (Å²) in [5.74, 6) is 0.799. The average Bonchev–Trinajstić information content (AvgIpc) is 2.62. The Balaban J connectivity index is 1.71. The van der Waals surface area contributed by atoms with Crippen molar-refractivity contribution in [2.75, 3.05) is 34.8 Å². The number of thioether (sulfide) groups is 1. The molecule has 0 saturated heterocycles. The number of amides is 1. The van der Waals surface area contributed by atoms with E-state index in [4.69, 9.17) is 5.73 Å². The summed E-state index contributed by atoms with van der Waals surface area (Å²) < 4.78 is 0. The third-order valence-corrected chi connectivity index (χ3v) is 5.30. The average molecular weight is 353 g/mol. The molecule has 1 aliphatic rings. The largest absolute Gasteiger partial charge is 0.398 e. The van der Waals surface area contributed by atoms with Crippen LogP contribution in [-0.2, 0) is 11.2 Å². The minimum Gasteiger partial charge on any atom is -0.398 e. The molecule has 2 aromatic carbocycles. The van der Waals surface area contributed by atoms with Gasteiger partial charge in [-0.2, -0.15) is 0 Å². The van der Waals surface area contributed by atoms with Gasteiger partial charge in [-0.15, -0.1) is 18.3 Å². The maximum atomic E-state index is 12.6. The van der Waals surface area contributed by atoms with Crippen molar-refractivity contribution in [3.63, 3.8) is 0 Å². The number of nitrogen functional groups attached to an aromatic ring is 1. The van der Waals surface area contributed by atoms with Crippen molar-refractivity contribution in [1.82, 2.24) is 0 Å². The predicted octanol–water partition coefficient (Wildman–Crippen LogP) is 3.94. The van der Waals surface area contributed by atoms with Gasteiger partial charge < -0.3 is 16.0 Å². The van der Waals surface area contributed by atoms with Crippen LogP contribution in [0, 0.1) is 0 Å². The summed E-state index contributed by atoms with van der Waals surface area (Å²) in [5.41, 5.74) is 9.99. The van der Waals surface area contributed by atoms with Gasteiger partial charge in [0.05, 0.1) is 12.2 Å². The maximum absolute atomic E-state index is 12.6. The monoisotopic (exact) mass is 353 g/mol. The molecule has 3 rings (SSSR count). The Morgan fingerprint density at radius 3 is 2.96 bits per heavy atom. The van der Waals surface area contributed by atoms with Crippen LogP contribution >= 0.6 is 11.8 Å². The highest BCUT2D eigenvalue weighted by Crippen LogP contribution is 2.31. The zero-order valence-electron chi connectivity index (χ0n) is 14.2. The first-order valence-corrected chi connectivity index (χ1v) is 9.42. The van der Waals surface area contributed by atoms with Gasteiger partial charge >= 0.3 is 0 Å². The molecule has 5 heteroatoms. The summed E-state index contributed by atoms with van der Waals surface area (Å²) in [5, 5.41) is 3.05. The highest BCUT2D eigenvalue weighted by Gasteiger charge is 2.20. The number of nitrogens with two attached hydrogens (primary N) is 1. The molecule has 1 heterocycles. The highest BCUT2D eigenvalue weighted by atomic mass is 32.2. The molecule has 0 aromatic heterocycles. The summed E-state index contributed by atoms with van der Waals surface area (Å²) in [6, 6.07) is 13.8. The smallest absolute Gasteiger partial charge is 0.243 e. The van der Waals surface area contributed by atoms with Crippen molar-refractivity contribution < 1.29 is 4.79 Å². The van der Waals surface area contributed by atoms with E-state index in [1.165, 1.54) is 0 Å². The fourth-order valence-electron chi connectivity index (χ4n) is 3.10. The topological polar surface area (TPSA) is 58.4 Å². The first kappa shape index (κ1) is 17.4. The second-order valence-corrected chi connectivity index (χ2v) is 7.08. The van der Waals surface area contributed by atoms with E-state index in [2.05, 4.69) is 16.8 Å². The first-order chi connectivity index (χ1) is 12.2. The first-order valence-electron chi connectivity index (χ1n) is 8.44. The third-order valence-electron chi connectivity index (χ3n) is 4.24. The zero-order valence-corrected chi connectivity index (χ0v) is 15.0. The Labute approximate surface area is 153 Å². The van der Waals surface area contributed by atoms with Crippen molar-refractivity contribution in [1.29, 1.82) is 0 Å². The fourth-order valence-corrected chi connectivity index (χ4v) is 3.85. The van der Waals surface area contributed by atoms with Crippen LogP contribution in [0.1, 0.15) is 12.0 Å². The van der Waals surface area contributed by atoms with Gasteiger partial charge in [-0.25, -0.2) is 0 Å². The number of carbonyl (C=O) groups is 1. The lowest BCUT2D eigenvalue weighted by molar-refractivity contribution is -0.115. The molecule has 0 atom stereocenters. The van der Waals surface area contributed by atoms with Crippen molar-refractivity contribution in [3.05, 3.63) is 60.7 Å². The van der Waals surface area contributed by atoms with Gasteiger partial charge in [0.1, 0.15) is 0 Å². The molecular weight excluding hydrogens is 330 g/mol. The molecule has 2 aromatic rings. The van der Waals surface area contributed by atoms with Crippen LogP contribution in [0.5, 0.6) is 0 Å². The number of nitrogens with zero attached hydrogens (tertiary/aromatic N) is 1. The van der Waals surface area contributed by atoms with Crippen LogP contribution in [0.15, 0.2) is 60.0 Å². The van der Waals surface area contributed by atoms with Gasteiger partial charge in [-0.1, -0.05) is 24.3 Å². The number of benzene rings is 2. The molecule has 1 aliphatic heterocycles. The molecule has 3 N–H and O–H groups in total. The third kappa shape index (κ3) is 4.17. The highest BCUT2D eigenvalue weighted by molar-refractivity contribution is 7.99.